The summed E-state index contributed by atoms with van der Waals surface area (Å²) in [7, 11) is 0. The molecular weight excluding hydrogens is 304 g/mol. The van der Waals surface area contributed by atoms with Crippen LogP contribution >= 0.6 is 15.9 Å². The van der Waals surface area contributed by atoms with Crippen molar-refractivity contribution in [2.45, 2.75) is 46.5 Å². The van der Waals surface area contributed by atoms with Crippen molar-refractivity contribution in [2.24, 2.45) is 0 Å². The van der Waals surface area contributed by atoms with E-state index in [1.807, 2.05) is 0 Å². The smallest absolute Gasteiger partial charge is 0.159 e. The lowest BCUT2D eigenvalue weighted by Gasteiger charge is -2.26. The van der Waals surface area contributed by atoms with Gasteiger partial charge in [0.2, 0.25) is 0 Å². The fraction of sp³-hybridized carbons (Fsp3) is 0.438. The van der Waals surface area contributed by atoms with Crippen LogP contribution in [0.25, 0.3) is 0 Å². The summed E-state index contributed by atoms with van der Waals surface area (Å²) < 4.78 is 1.12. The standard InChI is InChI=1S/C16H19BrO2/c1-8-9(2)15(11(4)16(17)10(8)3)12-5-13(18)7-14(19)6-12/h7,12,18H,5-6H2,1-4H3. The number of benzene rings is 1. The summed E-state index contributed by atoms with van der Waals surface area (Å²) in [6.45, 7) is 8.40. The van der Waals surface area contributed by atoms with Gasteiger partial charge < -0.3 is 5.11 Å². The Balaban J connectivity index is 2.58. The Morgan fingerprint density at radius 1 is 1.05 bits per heavy atom. The van der Waals surface area contributed by atoms with Gasteiger partial charge in [-0.05, 0) is 61.4 Å². The van der Waals surface area contributed by atoms with E-state index >= 15 is 0 Å². The average molecular weight is 323 g/mol. The van der Waals surface area contributed by atoms with Crippen LogP contribution in [0, 0.1) is 27.7 Å². The summed E-state index contributed by atoms with van der Waals surface area (Å²) in [5, 5.41) is 9.71. The number of halogens is 1. The Hall–Kier alpha value is -1.09. The van der Waals surface area contributed by atoms with Gasteiger partial charge in [-0.15, -0.1) is 0 Å². The second-order valence-corrected chi connectivity index (χ2v) is 6.23. The minimum atomic E-state index is 0.0156. The van der Waals surface area contributed by atoms with Gasteiger partial charge in [0.1, 0.15) is 0 Å². The van der Waals surface area contributed by atoms with Crippen molar-refractivity contribution in [3.8, 4) is 0 Å². The molecule has 0 amide bonds. The molecule has 0 fully saturated rings. The number of rotatable bonds is 1. The Labute approximate surface area is 122 Å². The van der Waals surface area contributed by atoms with Crippen molar-refractivity contribution < 1.29 is 9.90 Å². The van der Waals surface area contributed by atoms with E-state index in [1.54, 1.807) is 0 Å². The lowest BCUT2D eigenvalue weighted by atomic mass is 9.80. The van der Waals surface area contributed by atoms with Crippen molar-refractivity contribution >= 4 is 21.7 Å². The second kappa shape index (κ2) is 5.12. The van der Waals surface area contributed by atoms with Gasteiger partial charge >= 0.3 is 0 Å². The lowest BCUT2D eigenvalue weighted by Crippen LogP contribution is -2.16. The number of carbonyl (C=O) groups is 1. The SMILES string of the molecule is Cc1c(C)c(Br)c(C)c(C2CC(=O)C=C(O)C2)c1C. The highest BCUT2D eigenvalue weighted by molar-refractivity contribution is 9.10. The Bertz CT molecular complexity index is 556. The maximum atomic E-state index is 11.7. The van der Waals surface area contributed by atoms with E-state index in [-0.39, 0.29) is 17.5 Å². The zero-order valence-electron chi connectivity index (χ0n) is 11.8. The van der Waals surface area contributed by atoms with Gasteiger partial charge in [0, 0.05) is 23.4 Å². The first-order valence-corrected chi connectivity index (χ1v) is 7.30. The van der Waals surface area contributed by atoms with Crippen LogP contribution in [0.3, 0.4) is 0 Å². The number of allylic oxidation sites excluding steroid dienone is 2. The monoisotopic (exact) mass is 322 g/mol. The Morgan fingerprint density at radius 2 is 1.68 bits per heavy atom. The van der Waals surface area contributed by atoms with E-state index in [0.717, 1.165) is 4.47 Å². The first-order valence-electron chi connectivity index (χ1n) is 6.51. The molecule has 1 aromatic carbocycles. The molecule has 0 radical (unpaired) electrons. The van der Waals surface area contributed by atoms with Crippen molar-refractivity contribution in [3.05, 3.63) is 44.1 Å². The van der Waals surface area contributed by atoms with Gasteiger partial charge in [0.25, 0.3) is 0 Å². The number of aliphatic hydroxyl groups excluding tert-OH is 1. The molecule has 0 saturated heterocycles. The molecule has 1 aliphatic rings. The largest absolute Gasteiger partial charge is 0.512 e. The van der Waals surface area contributed by atoms with Crippen LogP contribution in [-0.2, 0) is 4.79 Å². The summed E-state index contributed by atoms with van der Waals surface area (Å²) in [5.74, 6) is 0.310. The minimum absolute atomic E-state index is 0.0156. The number of aliphatic hydroxyl groups is 1. The van der Waals surface area contributed by atoms with Crippen LogP contribution in [0.4, 0.5) is 0 Å². The van der Waals surface area contributed by atoms with Crippen LogP contribution < -0.4 is 0 Å². The molecule has 2 rings (SSSR count). The lowest BCUT2D eigenvalue weighted by molar-refractivity contribution is -0.115. The summed E-state index contributed by atoms with van der Waals surface area (Å²) in [6, 6.07) is 0. The van der Waals surface area contributed by atoms with Crippen LogP contribution in [-0.4, -0.2) is 10.9 Å². The van der Waals surface area contributed by atoms with Crippen molar-refractivity contribution in [1.29, 1.82) is 0 Å². The van der Waals surface area contributed by atoms with Crippen molar-refractivity contribution in [3.63, 3.8) is 0 Å². The molecular formula is C16H19BrO2. The molecule has 0 bridgehead atoms. The fourth-order valence-corrected chi connectivity index (χ4v) is 3.53. The topological polar surface area (TPSA) is 37.3 Å². The van der Waals surface area contributed by atoms with E-state index in [0.29, 0.717) is 12.8 Å². The molecule has 2 nitrogen and oxygen atoms in total. The number of ketones is 1. The third-order valence-electron chi connectivity index (χ3n) is 4.23. The number of carbonyl (C=O) groups excluding carboxylic acids is 1. The predicted octanol–water partition coefficient (Wildman–Crippen LogP) is 4.57. The average Bonchev–Trinajstić information content (AvgIpc) is 2.33. The van der Waals surface area contributed by atoms with E-state index < -0.39 is 0 Å². The van der Waals surface area contributed by atoms with Gasteiger partial charge in [-0.1, -0.05) is 15.9 Å². The molecule has 0 spiro atoms. The summed E-state index contributed by atoms with van der Waals surface area (Å²) in [5.41, 5.74) is 6.15. The summed E-state index contributed by atoms with van der Waals surface area (Å²) in [6.07, 6.45) is 2.40. The number of hydrogen-bond acceptors (Lipinski definition) is 2. The van der Waals surface area contributed by atoms with Crippen LogP contribution in [0.1, 0.15) is 46.6 Å². The first-order chi connectivity index (χ1) is 8.82. The van der Waals surface area contributed by atoms with E-state index in [1.165, 1.54) is 33.9 Å². The normalized spacial score (nSPS) is 19.5. The van der Waals surface area contributed by atoms with Crippen LogP contribution in [0.5, 0.6) is 0 Å². The molecule has 1 aliphatic carbocycles. The molecule has 1 unspecified atom stereocenters. The molecule has 1 atom stereocenters. The zero-order valence-corrected chi connectivity index (χ0v) is 13.4. The molecule has 3 heteroatoms. The first kappa shape index (κ1) is 14.3. The third-order valence-corrected chi connectivity index (χ3v) is 5.42. The van der Waals surface area contributed by atoms with Crippen molar-refractivity contribution in [2.75, 3.05) is 0 Å². The highest BCUT2D eigenvalue weighted by atomic mass is 79.9. The molecule has 102 valence electrons. The molecule has 0 heterocycles. The van der Waals surface area contributed by atoms with Crippen LogP contribution in [0.2, 0.25) is 0 Å². The van der Waals surface area contributed by atoms with Crippen LogP contribution in [0.15, 0.2) is 16.3 Å². The zero-order chi connectivity index (χ0) is 14.3. The molecule has 1 N–H and O–H groups in total. The van der Waals surface area contributed by atoms with Gasteiger partial charge in [-0.3, -0.25) is 4.79 Å². The van der Waals surface area contributed by atoms with Gasteiger partial charge in [-0.2, -0.15) is 0 Å². The van der Waals surface area contributed by atoms with Crippen molar-refractivity contribution in [1.82, 2.24) is 0 Å². The summed E-state index contributed by atoms with van der Waals surface area (Å²) >= 11 is 3.65. The minimum Gasteiger partial charge on any atom is -0.512 e. The fourth-order valence-electron chi connectivity index (χ4n) is 3.02. The number of hydrogen-bond donors (Lipinski definition) is 1. The maximum Gasteiger partial charge on any atom is 0.159 e. The van der Waals surface area contributed by atoms with E-state index in [2.05, 4.69) is 43.6 Å². The molecule has 1 aromatic rings. The molecule has 19 heavy (non-hydrogen) atoms. The van der Waals surface area contributed by atoms with Gasteiger partial charge in [0.15, 0.2) is 5.78 Å². The quantitative estimate of drug-likeness (QED) is 0.822. The Morgan fingerprint density at radius 3 is 2.26 bits per heavy atom. The highest BCUT2D eigenvalue weighted by Crippen LogP contribution is 2.39. The third kappa shape index (κ3) is 2.48. The molecule has 0 aliphatic heterocycles. The Kier molecular flexibility index (Phi) is 3.86. The predicted molar refractivity (Wildman–Crippen MR) is 80.8 cm³/mol. The van der Waals surface area contributed by atoms with E-state index in [9.17, 15) is 9.90 Å². The second-order valence-electron chi connectivity index (χ2n) is 5.43. The maximum absolute atomic E-state index is 11.7. The summed E-state index contributed by atoms with van der Waals surface area (Å²) in [4.78, 5) is 11.7. The van der Waals surface area contributed by atoms with Gasteiger partial charge in [-0.25, -0.2) is 0 Å². The molecule has 0 saturated carbocycles. The van der Waals surface area contributed by atoms with Gasteiger partial charge in [0.05, 0.1) is 5.76 Å². The highest BCUT2D eigenvalue weighted by Gasteiger charge is 2.26. The van der Waals surface area contributed by atoms with E-state index in [4.69, 9.17) is 0 Å². The molecule has 0 aromatic heterocycles.